The van der Waals surface area contributed by atoms with Crippen LogP contribution in [0.25, 0.3) is 33.0 Å². The van der Waals surface area contributed by atoms with Crippen molar-refractivity contribution in [1.29, 1.82) is 0 Å². The van der Waals surface area contributed by atoms with Crippen molar-refractivity contribution in [2.24, 2.45) is 0 Å². The fourth-order valence-corrected chi connectivity index (χ4v) is 3.79. The van der Waals surface area contributed by atoms with E-state index in [0.717, 1.165) is 37.0 Å². The van der Waals surface area contributed by atoms with Crippen LogP contribution >= 0.6 is 0 Å². The van der Waals surface area contributed by atoms with Crippen LogP contribution in [0, 0.1) is 34.9 Å². The summed E-state index contributed by atoms with van der Waals surface area (Å²) < 4.78 is 84.9. The standard InChI is InChI=1S/C26H18F6/c1-2-3-4-14-5-7-18(20(27)9-14)15-6-8-19(21(28)11-15)16-10-17-13-23(30)25(31)26(32)24(17)22(29)12-16/h5-13H,2-4H2,1H3. The lowest BCUT2D eigenvalue weighted by molar-refractivity contribution is 0.451. The predicted molar refractivity (Wildman–Crippen MR) is 113 cm³/mol. The van der Waals surface area contributed by atoms with Crippen LogP contribution in [0.1, 0.15) is 25.3 Å². The van der Waals surface area contributed by atoms with E-state index >= 15 is 0 Å². The quantitative estimate of drug-likeness (QED) is 0.214. The molecule has 0 aromatic heterocycles. The van der Waals surface area contributed by atoms with Gasteiger partial charge in [-0.2, -0.15) is 0 Å². The topological polar surface area (TPSA) is 0 Å². The van der Waals surface area contributed by atoms with Crippen molar-refractivity contribution in [2.45, 2.75) is 26.2 Å². The summed E-state index contributed by atoms with van der Waals surface area (Å²) in [5.74, 6) is -7.28. The third-order valence-corrected chi connectivity index (χ3v) is 5.47. The fraction of sp³-hybridized carbons (Fsp3) is 0.154. The van der Waals surface area contributed by atoms with Gasteiger partial charge in [0.05, 0.1) is 5.39 Å². The van der Waals surface area contributed by atoms with E-state index in [-0.39, 0.29) is 22.1 Å². The van der Waals surface area contributed by atoms with Gasteiger partial charge in [-0.05, 0) is 65.3 Å². The summed E-state index contributed by atoms with van der Waals surface area (Å²) >= 11 is 0. The highest BCUT2D eigenvalue weighted by atomic mass is 19.2. The molecule has 0 bridgehead atoms. The van der Waals surface area contributed by atoms with Gasteiger partial charge < -0.3 is 0 Å². The van der Waals surface area contributed by atoms with Gasteiger partial charge in [0.15, 0.2) is 17.5 Å². The lowest BCUT2D eigenvalue weighted by Gasteiger charge is -2.11. The van der Waals surface area contributed by atoms with Gasteiger partial charge in [0, 0.05) is 11.1 Å². The molecule has 0 aliphatic rings. The number of hydrogen-bond donors (Lipinski definition) is 0. The van der Waals surface area contributed by atoms with Crippen molar-refractivity contribution in [3.8, 4) is 22.3 Å². The first-order valence-corrected chi connectivity index (χ1v) is 10.2. The summed E-state index contributed by atoms with van der Waals surface area (Å²) in [5.41, 5.74) is 1.35. The van der Waals surface area contributed by atoms with E-state index in [4.69, 9.17) is 0 Å². The van der Waals surface area contributed by atoms with E-state index in [1.165, 1.54) is 24.3 Å². The van der Waals surface area contributed by atoms with E-state index in [9.17, 15) is 26.3 Å². The minimum absolute atomic E-state index is 0.0137. The first kappa shape index (κ1) is 21.9. The molecule has 0 saturated heterocycles. The molecule has 0 N–H and O–H groups in total. The van der Waals surface area contributed by atoms with E-state index in [1.807, 2.05) is 6.92 Å². The molecule has 4 rings (SSSR count). The second-order valence-corrected chi connectivity index (χ2v) is 7.65. The molecule has 4 aromatic carbocycles. The van der Waals surface area contributed by atoms with Gasteiger partial charge in [-0.25, -0.2) is 26.3 Å². The maximum absolute atomic E-state index is 14.9. The maximum atomic E-state index is 14.9. The van der Waals surface area contributed by atoms with E-state index in [0.29, 0.717) is 11.6 Å². The van der Waals surface area contributed by atoms with Gasteiger partial charge >= 0.3 is 0 Å². The zero-order valence-corrected chi connectivity index (χ0v) is 17.1. The number of hydrogen-bond acceptors (Lipinski definition) is 0. The van der Waals surface area contributed by atoms with Crippen molar-refractivity contribution in [2.75, 3.05) is 0 Å². The molecule has 32 heavy (non-hydrogen) atoms. The monoisotopic (exact) mass is 444 g/mol. The lowest BCUT2D eigenvalue weighted by Crippen LogP contribution is -1.96. The van der Waals surface area contributed by atoms with Crippen molar-refractivity contribution < 1.29 is 26.3 Å². The second-order valence-electron chi connectivity index (χ2n) is 7.65. The second kappa shape index (κ2) is 8.69. The number of halogens is 6. The van der Waals surface area contributed by atoms with Gasteiger partial charge in [-0.15, -0.1) is 0 Å². The molecule has 0 atom stereocenters. The largest absolute Gasteiger partial charge is 0.206 e. The Hall–Kier alpha value is -3.28. The molecule has 0 nitrogen and oxygen atoms in total. The van der Waals surface area contributed by atoms with Crippen LogP contribution in [-0.4, -0.2) is 0 Å². The minimum Gasteiger partial charge on any atom is -0.206 e. The normalized spacial score (nSPS) is 11.3. The van der Waals surface area contributed by atoms with E-state index in [1.54, 1.807) is 12.1 Å². The Balaban J connectivity index is 1.74. The van der Waals surface area contributed by atoms with Crippen molar-refractivity contribution in [3.05, 3.63) is 95.1 Å². The lowest BCUT2D eigenvalue weighted by atomic mass is 9.96. The van der Waals surface area contributed by atoms with Crippen LogP contribution in [0.2, 0.25) is 0 Å². The van der Waals surface area contributed by atoms with Gasteiger partial charge in [-0.1, -0.05) is 37.6 Å². The zero-order chi connectivity index (χ0) is 23.0. The SMILES string of the molecule is CCCCc1ccc(-c2ccc(-c3cc(F)c4c(F)c(F)c(F)cc4c3)c(F)c2)c(F)c1. The van der Waals surface area contributed by atoms with Crippen LogP contribution in [0.5, 0.6) is 0 Å². The van der Waals surface area contributed by atoms with Crippen molar-refractivity contribution in [1.82, 2.24) is 0 Å². The van der Waals surface area contributed by atoms with Crippen LogP contribution in [0.3, 0.4) is 0 Å². The molecular formula is C26H18F6. The molecule has 0 radical (unpaired) electrons. The number of rotatable bonds is 5. The number of unbranched alkanes of at least 4 members (excludes halogenated alkanes) is 1. The molecule has 164 valence electrons. The molecule has 0 heterocycles. The van der Waals surface area contributed by atoms with Gasteiger partial charge in [0.1, 0.15) is 17.5 Å². The molecule has 0 aliphatic carbocycles. The van der Waals surface area contributed by atoms with Crippen LogP contribution in [-0.2, 0) is 6.42 Å². The molecule has 0 saturated carbocycles. The highest BCUT2D eigenvalue weighted by Crippen LogP contribution is 2.34. The highest BCUT2D eigenvalue weighted by Gasteiger charge is 2.19. The summed E-state index contributed by atoms with van der Waals surface area (Å²) in [7, 11) is 0. The molecule has 0 spiro atoms. The summed E-state index contributed by atoms with van der Waals surface area (Å²) in [6, 6.07) is 11.4. The van der Waals surface area contributed by atoms with Gasteiger partial charge in [0.2, 0.25) is 0 Å². The third kappa shape index (κ3) is 3.97. The fourth-order valence-electron chi connectivity index (χ4n) is 3.79. The smallest absolute Gasteiger partial charge is 0.195 e. The first-order chi connectivity index (χ1) is 15.3. The Bertz CT molecular complexity index is 1330. The van der Waals surface area contributed by atoms with Crippen LogP contribution in [0.4, 0.5) is 26.3 Å². The minimum atomic E-state index is -1.78. The summed E-state index contributed by atoms with van der Waals surface area (Å²) in [6.07, 6.45) is 2.67. The maximum Gasteiger partial charge on any atom is 0.195 e. The number of benzene rings is 4. The Kier molecular flexibility index (Phi) is 5.96. The Labute approximate surface area is 181 Å². The number of aryl methyl sites for hydroxylation is 1. The van der Waals surface area contributed by atoms with Gasteiger partial charge in [-0.3, -0.25) is 0 Å². The third-order valence-electron chi connectivity index (χ3n) is 5.47. The van der Waals surface area contributed by atoms with Crippen LogP contribution in [0.15, 0.2) is 54.6 Å². The van der Waals surface area contributed by atoms with Crippen molar-refractivity contribution >= 4 is 10.8 Å². The average Bonchev–Trinajstić information content (AvgIpc) is 2.75. The Morgan fingerprint density at radius 3 is 1.94 bits per heavy atom. The molecule has 0 aliphatic heterocycles. The van der Waals surface area contributed by atoms with Gasteiger partial charge in [0.25, 0.3) is 0 Å². The molecular weight excluding hydrogens is 426 g/mol. The van der Waals surface area contributed by atoms with Crippen LogP contribution < -0.4 is 0 Å². The molecule has 6 heteroatoms. The predicted octanol–water partition coefficient (Wildman–Crippen LogP) is 8.35. The van der Waals surface area contributed by atoms with Crippen molar-refractivity contribution in [3.63, 3.8) is 0 Å². The highest BCUT2D eigenvalue weighted by molar-refractivity contribution is 5.89. The summed E-state index contributed by atoms with van der Waals surface area (Å²) in [5, 5.41) is -0.955. The Morgan fingerprint density at radius 1 is 0.594 bits per heavy atom. The molecule has 0 fully saturated rings. The molecule has 4 aromatic rings. The zero-order valence-electron chi connectivity index (χ0n) is 17.1. The summed E-state index contributed by atoms with van der Waals surface area (Å²) in [4.78, 5) is 0. The molecule has 0 amide bonds. The number of fused-ring (bicyclic) bond motifs is 1. The first-order valence-electron chi connectivity index (χ1n) is 10.2. The van der Waals surface area contributed by atoms with E-state index < -0.39 is 40.3 Å². The van der Waals surface area contributed by atoms with E-state index in [2.05, 4.69) is 0 Å². The average molecular weight is 444 g/mol. The Morgan fingerprint density at radius 2 is 1.25 bits per heavy atom. The molecule has 0 unspecified atom stereocenters. The summed E-state index contributed by atoms with van der Waals surface area (Å²) in [6.45, 7) is 2.04.